The van der Waals surface area contributed by atoms with Crippen LogP contribution in [0.5, 0.6) is 5.75 Å². The molecule has 4 heteroatoms. The van der Waals surface area contributed by atoms with E-state index in [0.717, 1.165) is 48.3 Å². The maximum Gasteiger partial charge on any atom is 0.133 e. The van der Waals surface area contributed by atoms with Crippen molar-refractivity contribution in [2.45, 2.75) is 26.7 Å². The van der Waals surface area contributed by atoms with E-state index < -0.39 is 0 Å². The Morgan fingerprint density at radius 1 is 1.29 bits per heavy atom. The molecular weight excluding hydrogens is 262 g/mol. The third-order valence-corrected chi connectivity index (χ3v) is 3.76. The molecule has 0 aliphatic carbocycles. The summed E-state index contributed by atoms with van der Waals surface area (Å²) >= 11 is 0. The average molecular weight is 287 g/mol. The van der Waals surface area contributed by atoms with Gasteiger partial charge in [-0.1, -0.05) is 13.8 Å². The highest BCUT2D eigenvalue weighted by atomic mass is 16.5. The zero-order valence-electron chi connectivity index (χ0n) is 13.1. The van der Waals surface area contributed by atoms with Crippen molar-refractivity contribution < 1.29 is 4.74 Å². The quantitative estimate of drug-likeness (QED) is 0.819. The molecule has 0 aliphatic heterocycles. The maximum atomic E-state index is 5.60. The lowest BCUT2D eigenvalue weighted by Crippen LogP contribution is -2.24. The van der Waals surface area contributed by atoms with Gasteiger partial charge in [0.15, 0.2) is 0 Å². The van der Waals surface area contributed by atoms with Gasteiger partial charge in [-0.05, 0) is 54.5 Å². The minimum absolute atomic E-state index is 0.204. The molecule has 1 aromatic carbocycles. The van der Waals surface area contributed by atoms with Crippen LogP contribution in [0.2, 0.25) is 0 Å². The van der Waals surface area contributed by atoms with Crippen LogP contribution in [0.25, 0.3) is 10.8 Å². The molecule has 0 saturated carbocycles. The summed E-state index contributed by atoms with van der Waals surface area (Å²) in [5.74, 6) is 1.79. The lowest BCUT2D eigenvalue weighted by Gasteiger charge is -2.25. The third-order valence-electron chi connectivity index (χ3n) is 3.76. The van der Waals surface area contributed by atoms with E-state index in [1.54, 1.807) is 7.11 Å². The Morgan fingerprint density at radius 3 is 2.81 bits per heavy atom. The number of benzene rings is 1. The molecule has 4 nitrogen and oxygen atoms in total. The molecule has 21 heavy (non-hydrogen) atoms. The van der Waals surface area contributed by atoms with Crippen LogP contribution >= 0.6 is 0 Å². The number of pyridine rings is 1. The fraction of sp³-hybridized carbons (Fsp3) is 0.471. The largest absolute Gasteiger partial charge is 0.497 e. The smallest absolute Gasteiger partial charge is 0.133 e. The lowest BCUT2D eigenvalue weighted by molar-refractivity contribution is 0.350. The Hall–Kier alpha value is -1.81. The van der Waals surface area contributed by atoms with Crippen molar-refractivity contribution in [1.82, 2.24) is 4.98 Å². The highest BCUT2D eigenvalue weighted by Crippen LogP contribution is 2.27. The summed E-state index contributed by atoms with van der Waals surface area (Å²) in [6.45, 7) is 6.13. The van der Waals surface area contributed by atoms with Crippen molar-refractivity contribution in [1.29, 1.82) is 0 Å². The van der Waals surface area contributed by atoms with Gasteiger partial charge in [0.2, 0.25) is 0 Å². The first-order valence-corrected chi connectivity index (χ1v) is 7.42. The lowest BCUT2D eigenvalue weighted by atomic mass is 9.88. The third kappa shape index (κ3) is 4.08. The van der Waals surface area contributed by atoms with E-state index in [1.807, 2.05) is 24.4 Å². The van der Waals surface area contributed by atoms with Crippen LogP contribution in [0.15, 0.2) is 30.5 Å². The van der Waals surface area contributed by atoms with E-state index in [-0.39, 0.29) is 5.41 Å². The number of hydrogen-bond donors (Lipinski definition) is 2. The topological polar surface area (TPSA) is 60.2 Å². The SMILES string of the molecule is COc1ccc2c(NCC(C)(C)CCCN)nccc2c1. The van der Waals surface area contributed by atoms with Gasteiger partial charge in [0, 0.05) is 18.1 Å². The van der Waals surface area contributed by atoms with Crippen molar-refractivity contribution in [3.05, 3.63) is 30.5 Å². The molecular formula is C17H25N3O. The molecule has 0 unspecified atom stereocenters. The first-order valence-electron chi connectivity index (χ1n) is 7.42. The second-order valence-corrected chi connectivity index (χ2v) is 6.16. The van der Waals surface area contributed by atoms with Crippen LogP contribution in [0, 0.1) is 5.41 Å². The number of nitrogens with two attached hydrogens (primary N) is 1. The first kappa shape index (κ1) is 15.6. The first-order chi connectivity index (χ1) is 10.1. The van der Waals surface area contributed by atoms with Gasteiger partial charge in [0.25, 0.3) is 0 Å². The molecule has 0 aliphatic rings. The van der Waals surface area contributed by atoms with Crippen LogP contribution < -0.4 is 15.8 Å². The minimum Gasteiger partial charge on any atom is -0.497 e. The Labute approximate surface area is 126 Å². The number of nitrogens with zero attached hydrogens (tertiary/aromatic N) is 1. The van der Waals surface area contributed by atoms with E-state index in [4.69, 9.17) is 10.5 Å². The Kier molecular flexibility index (Phi) is 5.02. The minimum atomic E-state index is 0.204. The molecule has 0 saturated heterocycles. The summed E-state index contributed by atoms with van der Waals surface area (Å²) < 4.78 is 5.27. The van der Waals surface area contributed by atoms with Gasteiger partial charge in [-0.25, -0.2) is 4.98 Å². The van der Waals surface area contributed by atoms with Gasteiger partial charge in [-0.2, -0.15) is 0 Å². The molecule has 1 heterocycles. The zero-order chi connectivity index (χ0) is 15.3. The summed E-state index contributed by atoms with van der Waals surface area (Å²) in [7, 11) is 1.68. The van der Waals surface area contributed by atoms with Crippen LogP contribution in [0.3, 0.4) is 0 Å². The number of fused-ring (bicyclic) bond motifs is 1. The summed E-state index contributed by atoms with van der Waals surface area (Å²) in [4.78, 5) is 4.47. The number of nitrogens with one attached hydrogen (secondary N) is 1. The fourth-order valence-electron chi connectivity index (χ4n) is 2.42. The summed E-state index contributed by atoms with van der Waals surface area (Å²) in [6.07, 6.45) is 3.99. The van der Waals surface area contributed by atoms with Crippen LogP contribution in [-0.4, -0.2) is 25.2 Å². The monoisotopic (exact) mass is 287 g/mol. The van der Waals surface area contributed by atoms with Crippen molar-refractivity contribution >= 4 is 16.6 Å². The Bertz CT molecular complexity index is 596. The van der Waals surface area contributed by atoms with Crippen molar-refractivity contribution in [2.24, 2.45) is 11.1 Å². The van der Waals surface area contributed by atoms with E-state index >= 15 is 0 Å². The molecule has 2 aromatic rings. The second-order valence-electron chi connectivity index (χ2n) is 6.16. The number of rotatable bonds is 7. The molecule has 114 valence electrons. The van der Waals surface area contributed by atoms with Gasteiger partial charge in [-0.15, -0.1) is 0 Å². The van der Waals surface area contributed by atoms with Gasteiger partial charge in [0.05, 0.1) is 7.11 Å². The van der Waals surface area contributed by atoms with Crippen molar-refractivity contribution in [3.63, 3.8) is 0 Å². The summed E-state index contributed by atoms with van der Waals surface area (Å²) in [5.41, 5.74) is 5.80. The predicted molar refractivity (Wildman–Crippen MR) is 88.9 cm³/mol. The number of methoxy groups -OCH3 is 1. The molecule has 0 bridgehead atoms. The number of anilines is 1. The maximum absolute atomic E-state index is 5.60. The van der Waals surface area contributed by atoms with Gasteiger partial charge >= 0.3 is 0 Å². The summed E-state index contributed by atoms with van der Waals surface area (Å²) in [5, 5.41) is 5.73. The van der Waals surface area contributed by atoms with Crippen LogP contribution in [0.4, 0.5) is 5.82 Å². The molecule has 0 atom stereocenters. The molecule has 3 N–H and O–H groups in total. The standard InChI is InChI=1S/C17H25N3O/c1-17(2,8-4-9-18)12-20-16-15-6-5-14(21-3)11-13(15)7-10-19-16/h5-7,10-11H,4,8-9,12,18H2,1-3H3,(H,19,20). The molecule has 0 spiro atoms. The normalized spacial score (nSPS) is 11.6. The predicted octanol–water partition coefficient (Wildman–Crippen LogP) is 3.42. The van der Waals surface area contributed by atoms with E-state index in [9.17, 15) is 0 Å². The second kappa shape index (κ2) is 6.76. The van der Waals surface area contributed by atoms with Crippen molar-refractivity contribution in [2.75, 3.05) is 25.5 Å². The van der Waals surface area contributed by atoms with Gasteiger partial charge < -0.3 is 15.8 Å². The number of aromatic nitrogens is 1. The zero-order valence-corrected chi connectivity index (χ0v) is 13.1. The van der Waals surface area contributed by atoms with E-state index in [2.05, 4.69) is 30.2 Å². The van der Waals surface area contributed by atoms with Crippen LogP contribution in [0.1, 0.15) is 26.7 Å². The Balaban J connectivity index is 2.15. The van der Waals surface area contributed by atoms with Gasteiger partial charge in [-0.3, -0.25) is 0 Å². The van der Waals surface area contributed by atoms with Gasteiger partial charge in [0.1, 0.15) is 11.6 Å². The van der Waals surface area contributed by atoms with Crippen molar-refractivity contribution in [3.8, 4) is 5.75 Å². The summed E-state index contributed by atoms with van der Waals surface area (Å²) in [6, 6.07) is 8.05. The molecule has 0 radical (unpaired) electrons. The van der Waals surface area contributed by atoms with E-state index in [0.29, 0.717) is 0 Å². The van der Waals surface area contributed by atoms with Crippen LogP contribution in [-0.2, 0) is 0 Å². The average Bonchev–Trinajstić information content (AvgIpc) is 2.50. The molecule has 2 rings (SSSR count). The molecule has 0 amide bonds. The number of ether oxygens (including phenoxy) is 1. The fourth-order valence-corrected chi connectivity index (χ4v) is 2.42. The highest BCUT2D eigenvalue weighted by molar-refractivity contribution is 5.92. The molecule has 0 fully saturated rings. The highest BCUT2D eigenvalue weighted by Gasteiger charge is 2.17. The van der Waals surface area contributed by atoms with E-state index in [1.165, 1.54) is 0 Å². The number of hydrogen-bond acceptors (Lipinski definition) is 4. The molecule has 1 aromatic heterocycles. The Morgan fingerprint density at radius 2 is 2.10 bits per heavy atom.